The summed E-state index contributed by atoms with van der Waals surface area (Å²) in [5.41, 5.74) is 1.07. The summed E-state index contributed by atoms with van der Waals surface area (Å²) in [6.07, 6.45) is 1.18. The molecule has 1 aliphatic rings. The Labute approximate surface area is 154 Å². The number of likely N-dealkylation sites (N-methyl/N-ethyl adjacent to an activating group) is 1. The Balaban J connectivity index is 0.00000123. The second-order valence-corrected chi connectivity index (χ2v) is 6.32. The molecule has 1 heterocycles. The third-order valence-corrected chi connectivity index (χ3v) is 4.43. The van der Waals surface area contributed by atoms with Gasteiger partial charge in [-0.25, -0.2) is 0 Å². The third kappa shape index (κ3) is 7.33. The average Bonchev–Trinajstić information content (AvgIpc) is 3.06. The summed E-state index contributed by atoms with van der Waals surface area (Å²) in [5.74, 6) is 0.175. The molecule has 0 aliphatic carbocycles. The maximum atomic E-state index is 12.0. The van der Waals surface area contributed by atoms with E-state index in [1.807, 2.05) is 52.0 Å². The molecule has 4 heteroatoms. The zero-order chi connectivity index (χ0) is 18.7. The van der Waals surface area contributed by atoms with Gasteiger partial charge in [-0.05, 0) is 51.7 Å². The van der Waals surface area contributed by atoms with Gasteiger partial charge in [-0.15, -0.1) is 0 Å². The molecule has 0 saturated carbocycles. The van der Waals surface area contributed by atoms with Crippen LogP contribution in [0.25, 0.3) is 0 Å². The van der Waals surface area contributed by atoms with E-state index >= 15 is 0 Å². The summed E-state index contributed by atoms with van der Waals surface area (Å²) >= 11 is 5.92. The quantitative estimate of drug-likeness (QED) is 0.765. The molecule has 1 aliphatic heterocycles. The van der Waals surface area contributed by atoms with Gasteiger partial charge in [0.15, 0.2) is 0 Å². The highest BCUT2D eigenvalue weighted by Gasteiger charge is 2.27. The number of likely N-dealkylation sites (tertiary alicyclic amines) is 1. The summed E-state index contributed by atoms with van der Waals surface area (Å²) in [7, 11) is 4.24. The molecule has 0 bridgehead atoms. The van der Waals surface area contributed by atoms with Crippen molar-refractivity contribution < 1.29 is 4.79 Å². The molecule has 1 aromatic carbocycles. The summed E-state index contributed by atoms with van der Waals surface area (Å²) in [4.78, 5) is 16.6. The van der Waals surface area contributed by atoms with Crippen LogP contribution in [0.2, 0.25) is 5.02 Å². The van der Waals surface area contributed by atoms with Gasteiger partial charge in [0.2, 0.25) is 0 Å². The second-order valence-electron chi connectivity index (χ2n) is 5.88. The Morgan fingerprint density at radius 2 is 1.75 bits per heavy atom. The van der Waals surface area contributed by atoms with Crippen LogP contribution in [0.1, 0.15) is 52.5 Å². The minimum atomic E-state index is -0.0480. The van der Waals surface area contributed by atoms with Gasteiger partial charge in [0.25, 0.3) is 0 Å². The van der Waals surface area contributed by atoms with E-state index in [0.717, 1.165) is 25.2 Å². The highest BCUT2D eigenvalue weighted by molar-refractivity contribution is 6.30. The minimum Gasteiger partial charge on any atom is -0.305 e. The van der Waals surface area contributed by atoms with E-state index in [0.29, 0.717) is 11.1 Å². The Morgan fingerprint density at radius 3 is 2.17 bits per heavy atom. The first-order valence-corrected chi connectivity index (χ1v) is 9.50. The van der Waals surface area contributed by atoms with E-state index in [-0.39, 0.29) is 11.7 Å². The number of carbonyl (C=O) groups is 1. The summed E-state index contributed by atoms with van der Waals surface area (Å²) in [5, 5.41) is 0.713. The van der Waals surface area contributed by atoms with Crippen molar-refractivity contribution in [2.75, 3.05) is 33.7 Å². The van der Waals surface area contributed by atoms with Crippen LogP contribution in [0.15, 0.2) is 24.3 Å². The monoisotopic (exact) mass is 354 g/mol. The van der Waals surface area contributed by atoms with Crippen LogP contribution < -0.4 is 0 Å². The number of halogens is 1. The van der Waals surface area contributed by atoms with Gasteiger partial charge in [0.1, 0.15) is 5.78 Å². The lowest BCUT2D eigenvalue weighted by atomic mass is 9.95. The summed E-state index contributed by atoms with van der Waals surface area (Å²) < 4.78 is 0. The van der Waals surface area contributed by atoms with Gasteiger partial charge in [0.05, 0.1) is 5.92 Å². The third-order valence-electron chi connectivity index (χ3n) is 4.18. The molecule has 1 saturated heterocycles. The molecule has 2 unspecified atom stereocenters. The van der Waals surface area contributed by atoms with Crippen molar-refractivity contribution in [2.45, 2.75) is 53.0 Å². The fourth-order valence-corrected chi connectivity index (χ4v) is 2.95. The van der Waals surface area contributed by atoms with Crippen molar-refractivity contribution in [3.8, 4) is 0 Å². The SMILES string of the molecule is CC.CC.CC(=O)C(CN1CCC(N(C)C)C1)c1ccc(Cl)cc1. The first-order valence-electron chi connectivity index (χ1n) is 9.12. The van der Waals surface area contributed by atoms with Crippen LogP contribution in [-0.4, -0.2) is 55.4 Å². The number of Topliss-reactive ketones (excluding diaryl/α,β-unsaturated/α-hetero) is 1. The Kier molecular flexibility index (Phi) is 12.0. The largest absolute Gasteiger partial charge is 0.305 e. The van der Waals surface area contributed by atoms with Crippen LogP contribution in [0, 0.1) is 0 Å². The van der Waals surface area contributed by atoms with Gasteiger partial charge in [0, 0.05) is 24.2 Å². The number of ketones is 1. The number of hydrogen-bond acceptors (Lipinski definition) is 3. The summed E-state index contributed by atoms with van der Waals surface area (Å²) in [6, 6.07) is 8.26. The van der Waals surface area contributed by atoms with Crippen LogP contribution >= 0.6 is 11.6 Å². The van der Waals surface area contributed by atoms with Crippen molar-refractivity contribution in [2.24, 2.45) is 0 Å². The molecule has 24 heavy (non-hydrogen) atoms. The molecule has 0 radical (unpaired) electrons. The molecule has 0 spiro atoms. The fraction of sp³-hybridized carbons (Fsp3) is 0.650. The van der Waals surface area contributed by atoms with E-state index < -0.39 is 0 Å². The molecular formula is C20H35ClN2O. The van der Waals surface area contributed by atoms with Gasteiger partial charge in [-0.3, -0.25) is 4.79 Å². The van der Waals surface area contributed by atoms with E-state index in [4.69, 9.17) is 11.6 Å². The van der Waals surface area contributed by atoms with Crippen molar-refractivity contribution in [1.29, 1.82) is 0 Å². The Bertz CT molecular complexity index is 459. The Hall–Kier alpha value is -0.900. The lowest BCUT2D eigenvalue weighted by Crippen LogP contribution is -2.34. The fourth-order valence-electron chi connectivity index (χ4n) is 2.82. The molecule has 2 atom stereocenters. The standard InChI is InChI=1S/C16H23ClN2O.2C2H6/c1-12(20)16(13-4-6-14(17)7-5-13)11-19-9-8-15(10-19)18(2)3;2*1-2/h4-7,15-16H,8-11H2,1-3H3;2*1-2H3. The highest BCUT2D eigenvalue weighted by Crippen LogP contribution is 2.23. The highest BCUT2D eigenvalue weighted by atomic mass is 35.5. The molecule has 0 N–H and O–H groups in total. The van der Waals surface area contributed by atoms with Crippen LogP contribution in [0.5, 0.6) is 0 Å². The maximum absolute atomic E-state index is 12.0. The molecular weight excluding hydrogens is 320 g/mol. The van der Waals surface area contributed by atoms with Gasteiger partial charge in [-0.2, -0.15) is 0 Å². The van der Waals surface area contributed by atoms with Gasteiger partial charge < -0.3 is 9.80 Å². The van der Waals surface area contributed by atoms with E-state index in [2.05, 4.69) is 23.9 Å². The topological polar surface area (TPSA) is 23.6 Å². The van der Waals surface area contributed by atoms with Crippen LogP contribution in [-0.2, 0) is 4.79 Å². The number of benzene rings is 1. The predicted octanol–water partition coefficient (Wildman–Crippen LogP) is 4.70. The molecule has 0 amide bonds. The molecule has 3 nitrogen and oxygen atoms in total. The smallest absolute Gasteiger partial charge is 0.138 e. The zero-order valence-electron chi connectivity index (χ0n) is 16.5. The van der Waals surface area contributed by atoms with Crippen molar-refractivity contribution >= 4 is 17.4 Å². The number of hydrogen-bond donors (Lipinski definition) is 0. The molecule has 2 rings (SSSR count). The molecule has 1 aromatic rings. The van der Waals surface area contributed by atoms with Crippen LogP contribution in [0.3, 0.4) is 0 Å². The van der Waals surface area contributed by atoms with Crippen molar-refractivity contribution in [3.05, 3.63) is 34.9 Å². The van der Waals surface area contributed by atoms with Gasteiger partial charge >= 0.3 is 0 Å². The van der Waals surface area contributed by atoms with Crippen molar-refractivity contribution in [3.63, 3.8) is 0 Å². The second kappa shape index (κ2) is 12.5. The van der Waals surface area contributed by atoms with E-state index in [9.17, 15) is 4.79 Å². The number of rotatable bonds is 5. The molecule has 1 fully saturated rings. The number of carbonyl (C=O) groups excluding carboxylic acids is 1. The first kappa shape index (κ1) is 23.1. The first-order chi connectivity index (χ1) is 11.5. The minimum absolute atomic E-state index is 0.0480. The Morgan fingerprint density at radius 1 is 1.21 bits per heavy atom. The average molecular weight is 355 g/mol. The lowest BCUT2D eigenvalue weighted by molar-refractivity contribution is -0.118. The van der Waals surface area contributed by atoms with Crippen molar-refractivity contribution in [1.82, 2.24) is 9.80 Å². The summed E-state index contributed by atoms with van der Waals surface area (Å²) in [6.45, 7) is 12.6. The van der Waals surface area contributed by atoms with E-state index in [1.165, 1.54) is 6.42 Å². The van der Waals surface area contributed by atoms with Gasteiger partial charge in [-0.1, -0.05) is 51.4 Å². The maximum Gasteiger partial charge on any atom is 0.138 e. The predicted molar refractivity (Wildman–Crippen MR) is 106 cm³/mol. The molecule has 0 aromatic heterocycles. The zero-order valence-corrected chi connectivity index (χ0v) is 17.2. The van der Waals surface area contributed by atoms with E-state index in [1.54, 1.807) is 6.92 Å². The normalized spacial score (nSPS) is 18.3. The lowest BCUT2D eigenvalue weighted by Gasteiger charge is -2.24. The van der Waals surface area contributed by atoms with Crippen LogP contribution in [0.4, 0.5) is 0 Å². The number of nitrogens with zero attached hydrogens (tertiary/aromatic N) is 2. The molecule has 138 valence electrons.